The second-order valence-electron chi connectivity index (χ2n) is 5.30. The molecule has 0 fully saturated rings. The third-order valence-electron chi connectivity index (χ3n) is 3.72. The number of ketones is 1. The SMILES string of the molecule is Cc1ncc(C(=O)O)n1-c1ccc(Cl)cc1C(=O)c1ccccc1F. The minimum atomic E-state index is -1.19. The predicted octanol–water partition coefficient (Wildman–Crippen LogP) is 3.90. The number of carbonyl (C=O) groups is 2. The maximum Gasteiger partial charge on any atom is 0.354 e. The van der Waals surface area contributed by atoms with Crippen LogP contribution in [0.15, 0.2) is 48.7 Å². The molecular weight excluding hydrogens is 347 g/mol. The van der Waals surface area contributed by atoms with E-state index in [1.54, 1.807) is 13.0 Å². The van der Waals surface area contributed by atoms with E-state index in [1.165, 1.54) is 47.2 Å². The monoisotopic (exact) mass is 358 g/mol. The molecule has 0 atom stereocenters. The van der Waals surface area contributed by atoms with Gasteiger partial charge >= 0.3 is 5.97 Å². The van der Waals surface area contributed by atoms with E-state index in [2.05, 4.69) is 4.98 Å². The van der Waals surface area contributed by atoms with Gasteiger partial charge in [0.2, 0.25) is 0 Å². The topological polar surface area (TPSA) is 72.2 Å². The lowest BCUT2D eigenvalue weighted by atomic mass is 10.0. The number of carboxylic acids is 1. The Morgan fingerprint density at radius 2 is 1.88 bits per heavy atom. The molecule has 7 heteroatoms. The Morgan fingerprint density at radius 3 is 2.56 bits per heavy atom. The minimum Gasteiger partial charge on any atom is -0.477 e. The number of aryl methyl sites for hydroxylation is 1. The van der Waals surface area contributed by atoms with Crippen molar-refractivity contribution in [3.63, 3.8) is 0 Å². The molecule has 2 aromatic carbocycles. The fourth-order valence-electron chi connectivity index (χ4n) is 2.57. The Morgan fingerprint density at radius 1 is 1.16 bits per heavy atom. The first kappa shape index (κ1) is 16.9. The van der Waals surface area contributed by atoms with Crippen LogP contribution in [0.5, 0.6) is 0 Å². The van der Waals surface area contributed by atoms with Crippen LogP contribution < -0.4 is 0 Å². The van der Waals surface area contributed by atoms with Crippen LogP contribution in [0, 0.1) is 12.7 Å². The molecule has 0 saturated carbocycles. The molecule has 0 amide bonds. The number of rotatable bonds is 4. The summed E-state index contributed by atoms with van der Waals surface area (Å²) in [5, 5.41) is 9.63. The Bertz CT molecular complexity index is 998. The molecular formula is C18H12ClFN2O3. The number of benzene rings is 2. The molecule has 126 valence electrons. The summed E-state index contributed by atoms with van der Waals surface area (Å²) < 4.78 is 15.3. The molecule has 5 nitrogen and oxygen atoms in total. The van der Waals surface area contributed by atoms with E-state index in [4.69, 9.17) is 11.6 Å². The average Bonchev–Trinajstić information content (AvgIpc) is 2.96. The van der Waals surface area contributed by atoms with Crippen molar-refractivity contribution in [3.05, 3.63) is 82.1 Å². The van der Waals surface area contributed by atoms with Crippen LogP contribution >= 0.6 is 11.6 Å². The summed E-state index contributed by atoms with van der Waals surface area (Å²) in [6, 6.07) is 10.00. The number of imidazole rings is 1. The van der Waals surface area contributed by atoms with E-state index >= 15 is 0 Å². The molecule has 0 radical (unpaired) electrons. The number of aromatic carboxylic acids is 1. The molecule has 3 rings (SSSR count). The Hall–Kier alpha value is -2.99. The first-order valence-electron chi connectivity index (χ1n) is 7.27. The highest BCUT2D eigenvalue weighted by Crippen LogP contribution is 2.26. The normalized spacial score (nSPS) is 10.7. The van der Waals surface area contributed by atoms with Gasteiger partial charge < -0.3 is 5.11 Å². The van der Waals surface area contributed by atoms with Gasteiger partial charge in [-0.05, 0) is 37.3 Å². The van der Waals surface area contributed by atoms with Crippen molar-refractivity contribution in [2.75, 3.05) is 0 Å². The van der Waals surface area contributed by atoms with E-state index in [9.17, 15) is 19.1 Å². The number of hydrogen-bond donors (Lipinski definition) is 1. The maximum absolute atomic E-state index is 14.0. The molecule has 0 aliphatic carbocycles. The molecule has 0 spiro atoms. The van der Waals surface area contributed by atoms with Crippen molar-refractivity contribution in [3.8, 4) is 5.69 Å². The first-order valence-corrected chi connectivity index (χ1v) is 7.64. The smallest absolute Gasteiger partial charge is 0.354 e. The molecule has 3 aromatic rings. The number of halogens is 2. The van der Waals surface area contributed by atoms with Crippen molar-refractivity contribution in [2.45, 2.75) is 6.92 Å². The van der Waals surface area contributed by atoms with Gasteiger partial charge in [-0.3, -0.25) is 9.36 Å². The Balaban J connectivity index is 2.25. The maximum atomic E-state index is 14.0. The Kier molecular flexibility index (Phi) is 4.37. The summed E-state index contributed by atoms with van der Waals surface area (Å²) in [7, 11) is 0. The van der Waals surface area contributed by atoms with Crippen molar-refractivity contribution >= 4 is 23.4 Å². The predicted molar refractivity (Wildman–Crippen MR) is 90.1 cm³/mol. The van der Waals surface area contributed by atoms with Gasteiger partial charge in [-0.25, -0.2) is 14.2 Å². The highest BCUT2D eigenvalue weighted by molar-refractivity contribution is 6.31. The summed E-state index contributed by atoms with van der Waals surface area (Å²) in [4.78, 5) is 28.3. The molecule has 0 saturated heterocycles. The third-order valence-corrected chi connectivity index (χ3v) is 3.96. The standard InChI is InChI=1S/C18H12ClFN2O3/c1-10-21-9-16(18(24)25)22(10)15-7-6-11(19)8-13(15)17(23)12-4-2-3-5-14(12)20/h2-9H,1H3,(H,24,25). The number of hydrogen-bond acceptors (Lipinski definition) is 3. The highest BCUT2D eigenvalue weighted by Gasteiger charge is 2.22. The first-order chi connectivity index (χ1) is 11.9. The van der Waals surface area contributed by atoms with Gasteiger partial charge in [0.15, 0.2) is 11.5 Å². The van der Waals surface area contributed by atoms with Gasteiger partial charge in [-0.1, -0.05) is 23.7 Å². The van der Waals surface area contributed by atoms with E-state index in [0.29, 0.717) is 5.82 Å². The molecule has 0 unspecified atom stereocenters. The van der Waals surface area contributed by atoms with E-state index in [-0.39, 0.29) is 27.5 Å². The summed E-state index contributed by atoms with van der Waals surface area (Å²) in [5.74, 6) is -2.08. The second kappa shape index (κ2) is 6.49. The molecule has 0 aliphatic heterocycles. The van der Waals surface area contributed by atoms with E-state index in [1.807, 2.05) is 0 Å². The van der Waals surface area contributed by atoms with Gasteiger partial charge in [-0.15, -0.1) is 0 Å². The largest absolute Gasteiger partial charge is 0.477 e. The van der Waals surface area contributed by atoms with Crippen LogP contribution in [0.25, 0.3) is 5.69 Å². The molecule has 25 heavy (non-hydrogen) atoms. The van der Waals surface area contributed by atoms with E-state index < -0.39 is 17.6 Å². The number of carboxylic acid groups (broad SMARTS) is 1. The fourth-order valence-corrected chi connectivity index (χ4v) is 2.75. The van der Waals surface area contributed by atoms with Gasteiger partial charge in [0.25, 0.3) is 0 Å². The zero-order valence-corrected chi connectivity index (χ0v) is 13.8. The van der Waals surface area contributed by atoms with E-state index in [0.717, 1.165) is 0 Å². The molecule has 1 aromatic heterocycles. The zero-order chi connectivity index (χ0) is 18.1. The molecule has 1 N–H and O–H groups in total. The van der Waals surface area contributed by atoms with Crippen LogP contribution in [-0.4, -0.2) is 26.4 Å². The lowest BCUT2D eigenvalue weighted by Crippen LogP contribution is -2.14. The summed E-state index contributed by atoms with van der Waals surface area (Å²) >= 11 is 6.00. The van der Waals surface area contributed by atoms with Crippen LogP contribution in [-0.2, 0) is 0 Å². The van der Waals surface area contributed by atoms with Crippen molar-refractivity contribution in [2.24, 2.45) is 0 Å². The van der Waals surface area contributed by atoms with Gasteiger partial charge in [0.1, 0.15) is 11.6 Å². The van der Waals surface area contributed by atoms with Crippen LogP contribution in [0.2, 0.25) is 5.02 Å². The summed E-state index contributed by atoms with van der Waals surface area (Å²) in [6.07, 6.45) is 1.20. The van der Waals surface area contributed by atoms with Crippen molar-refractivity contribution < 1.29 is 19.1 Å². The fraction of sp³-hybridized carbons (Fsp3) is 0.0556. The van der Waals surface area contributed by atoms with Gasteiger partial charge in [0, 0.05) is 10.6 Å². The highest BCUT2D eigenvalue weighted by atomic mass is 35.5. The molecule has 1 heterocycles. The lowest BCUT2D eigenvalue weighted by Gasteiger charge is -2.14. The summed E-state index contributed by atoms with van der Waals surface area (Å²) in [6.45, 7) is 1.61. The second-order valence-corrected chi connectivity index (χ2v) is 5.74. The number of aromatic nitrogens is 2. The van der Waals surface area contributed by atoms with Crippen molar-refractivity contribution in [1.82, 2.24) is 9.55 Å². The van der Waals surface area contributed by atoms with Gasteiger partial charge in [0.05, 0.1) is 17.4 Å². The number of carbonyl (C=O) groups excluding carboxylic acids is 1. The average molecular weight is 359 g/mol. The third kappa shape index (κ3) is 3.04. The van der Waals surface area contributed by atoms with Crippen LogP contribution in [0.1, 0.15) is 32.2 Å². The zero-order valence-electron chi connectivity index (χ0n) is 13.0. The summed E-state index contributed by atoms with van der Waals surface area (Å²) in [5.41, 5.74) is 0.120. The van der Waals surface area contributed by atoms with Crippen LogP contribution in [0.4, 0.5) is 4.39 Å². The number of nitrogens with zero attached hydrogens (tertiary/aromatic N) is 2. The lowest BCUT2D eigenvalue weighted by molar-refractivity contribution is 0.0687. The van der Waals surface area contributed by atoms with Crippen LogP contribution in [0.3, 0.4) is 0 Å². The molecule has 0 aliphatic rings. The quantitative estimate of drug-likeness (QED) is 0.718. The Labute approximate surface area is 147 Å². The van der Waals surface area contributed by atoms with Crippen molar-refractivity contribution in [1.29, 1.82) is 0 Å². The van der Waals surface area contributed by atoms with Gasteiger partial charge in [-0.2, -0.15) is 0 Å². The molecule has 0 bridgehead atoms. The minimum absolute atomic E-state index is 0.0844.